The summed E-state index contributed by atoms with van der Waals surface area (Å²) in [5, 5.41) is 42.5. The standard InChI is InChI=1S/C30H43FN2O8S/c1-6-28(5,33-15-14-29(18-33,19(3)41-7-2)13-11-21-8-9-22(31)42-21)20-10-12-27(4,32-17-20)24(25(36)37)30(40,26(38)39)16-23(34)35/h8-10,12,17,19,24,32,40H,6-7,11,13-16,18H2,1-5H3,(H,34,35)(H,36,37)(H,38,39)/t19-,24?,27?,28?,29-,30?/m1/s1. The largest absolute Gasteiger partial charge is 0.481 e. The van der Waals surface area contributed by atoms with E-state index in [-0.39, 0.29) is 16.6 Å². The number of carbonyl (C=O) groups is 3. The Morgan fingerprint density at radius 1 is 1.24 bits per heavy atom. The number of aryl methyl sites for hydroxylation is 1. The molecule has 0 amide bonds. The zero-order chi connectivity index (χ0) is 31.5. The minimum absolute atomic E-state index is 0.0324. The fourth-order valence-electron chi connectivity index (χ4n) is 6.55. The van der Waals surface area contributed by atoms with E-state index >= 15 is 0 Å². The number of ether oxygens (including phenoxy) is 1. The van der Waals surface area contributed by atoms with Gasteiger partial charge in [0.2, 0.25) is 0 Å². The van der Waals surface area contributed by atoms with Gasteiger partial charge in [-0.2, -0.15) is 4.39 Å². The highest BCUT2D eigenvalue weighted by Crippen LogP contribution is 2.46. The van der Waals surface area contributed by atoms with Crippen molar-refractivity contribution in [3.8, 4) is 0 Å². The highest BCUT2D eigenvalue weighted by atomic mass is 32.1. The van der Waals surface area contributed by atoms with Crippen molar-refractivity contribution in [3.63, 3.8) is 0 Å². The van der Waals surface area contributed by atoms with E-state index in [9.17, 15) is 39.2 Å². The van der Waals surface area contributed by atoms with Crippen molar-refractivity contribution in [2.45, 2.75) is 89.5 Å². The SMILES string of the molecule is CCO[C@H](C)[C@]1(CCc2ccc(F)s2)CCN(C(C)(CC)C2=CNC(C)(C(C(=O)O)C(O)(CC(=O)O)C(=O)O)C=C2)C1. The van der Waals surface area contributed by atoms with Gasteiger partial charge in [0, 0.05) is 35.2 Å². The molecule has 0 radical (unpaired) electrons. The van der Waals surface area contributed by atoms with Crippen LogP contribution in [0.2, 0.25) is 0 Å². The van der Waals surface area contributed by atoms with E-state index in [2.05, 4.69) is 31.0 Å². The second-order valence-corrected chi connectivity index (χ2v) is 13.0. The Morgan fingerprint density at radius 3 is 2.40 bits per heavy atom. The Morgan fingerprint density at radius 2 is 1.93 bits per heavy atom. The first-order chi connectivity index (χ1) is 19.6. The van der Waals surface area contributed by atoms with Gasteiger partial charge in [-0.15, -0.1) is 11.3 Å². The van der Waals surface area contributed by atoms with Crippen molar-refractivity contribution in [2.24, 2.45) is 11.3 Å². The summed E-state index contributed by atoms with van der Waals surface area (Å²) in [6, 6.07) is 3.32. The molecule has 234 valence electrons. The number of halogens is 1. The summed E-state index contributed by atoms with van der Waals surface area (Å²) in [5.74, 6) is -7.21. The molecule has 3 heterocycles. The van der Waals surface area contributed by atoms with Gasteiger partial charge in [0.1, 0.15) is 5.92 Å². The van der Waals surface area contributed by atoms with E-state index in [4.69, 9.17) is 4.74 Å². The van der Waals surface area contributed by atoms with Gasteiger partial charge in [-0.05, 0) is 77.6 Å². The van der Waals surface area contributed by atoms with Crippen LogP contribution in [-0.2, 0) is 25.5 Å². The van der Waals surface area contributed by atoms with Gasteiger partial charge < -0.3 is 30.5 Å². The first-order valence-electron chi connectivity index (χ1n) is 14.3. The van der Waals surface area contributed by atoms with Crippen LogP contribution in [0.4, 0.5) is 4.39 Å². The van der Waals surface area contributed by atoms with Crippen molar-refractivity contribution < 1.29 is 43.9 Å². The van der Waals surface area contributed by atoms with Gasteiger partial charge in [-0.3, -0.25) is 14.5 Å². The lowest BCUT2D eigenvalue weighted by Gasteiger charge is -2.46. The predicted molar refractivity (Wildman–Crippen MR) is 156 cm³/mol. The monoisotopic (exact) mass is 610 g/mol. The maximum absolute atomic E-state index is 13.6. The smallest absolute Gasteiger partial charge is 0.337 e. The van der Waals surface area contributed by atoms with E-state index in [1.807, 2.05) is 13.0 Å². The van der Waals surface area contributed by atoms with Crippen LogP contribution in [0.15, 0.2) is 36.1 Å². The lowest BCUT2D eigenvalue weighted by molar-refractivity contribution is -0.182. The molecular weight excluding hydrogens is 567 g/mol. The summed E-state index contributed by atoms with van der Waals surface area (Å²) in [7, 11) is 0. The van der Waals surface area contributed by atoms with Gasteiger partial charge in [-0.25, -0.2) is 4.79 Å². The molecule has 1 saturated heterocycles. The van der Waals surface area contributed by atoms with E-state index in [1.165, 1.54) is 19.1 Å². The van der Waals surface area contributed by atoms with Gasteiger partial charge in [0.25, 0.3) is 0 Å². The van der Waals surface area contributed by atoms with E-state index in [1.54, 1.807) is 12.3 Å². The third-order valence-corrected chi connectivity index (χ3v) is 10.4. The number of dihydropyridines is 1. The van der Waals surface area contributed by atoms with Crippen molar-refractivity contribution in [2.75, 3.05) is 19.7 Å². The van der Waals surface area contributed by atoms with Crippen molar-refractivity contribution in [3.05, 3.63) is 46.1 Å². The summed E-state index contributed by atoms with van der Waals surface area (Å²) in [6.45, 7) is 11.7. The molecule has 1 aromatic heterocycles. The number of nitrogens with one attached hydrogen (secondary N) is 1. The first kappa shape index (κ1) is 33.7. The Kier molecular flexibility index (Phi) is 10.3. The Hall–Kier alpha value is -2.80. The zero-order valence-electron chi connectivity index (χ0n) is 24.9. The molecular formula is C30H43FN2O8S. The van der Waals surface area contributed by atoms with Gasteiger partial charge in [0.15, 0.2) is 10.7 Å². The normalized spacial score (nSPS) is 26.9. The van der Waals surface area contributed by atoms with Crippen LogP contribution in [0.3, 0.4) is 0 Å². The molecule has 12 heteroatoms. The molecule has 10 nitrogen and oxygen atoms in total. The number of carboxylic acid groups (broad SMARTS) is 3. The van der Waals surface area contributed by atoms with Crippen LogP contribution >= 0.6 is 11.3 Å². The van der Waals surface area contributed by atoms with E-state index in [0.29, 0.717) is 13.0 Å². The van der Waals surface area contributed by atoms with Crippen molar-refractivity contribution in [1.82, 2.24) is 10.2 Å². The third kappa shape index (κ3) is 6.56. The summed E-state index contributed by atoms with van der Waals surface area (Å²) in [4.78, 5) is 39.0. The molecule has 0 bridgehead atoms. The highest BCUT2D eigenvalue weighted by molar-refractivity contribution is 7.10. The fraction of sp³-hybridized carbons (Fsp3) is 0.633. The van der Waals surface area contributed by atoms with Crippen LogP contribution in [0.25, 0.3) is 0 Å². The maximum atomic E-state index is 13.6. The quantitative estimate of drug-likeness (QED) is 0.197. The molecule has 0 aromatic carbocycles. The zero-order valence-corrected chi connectivity index (χ0v) is 25.7. The molecule has 3 rings (SSSR count). The topological polar surface area (TPSA) is 157 Å². The molecule has 1 aromatic rings. The van der Waals surface area contributed by atoms with Crippen LogP contribution < -0.4 is 5.32 Å². The number of hydrogen-bond acceptors (Lipinski definition) is 8. The van der Waals surface area contributed by atoms with Crippen LogP contribution in [0.5, 0.6) is 0 Å². The molecule has 5 N–H and O–H groups in total. The van der Waals surface area contributed by atoms with E-state index < -0.39 is 46.9 Å². The number of thiophene rings is 1. The highest BCUT2D eigenvalue weighted by Gasteiger charge is 2.58. The number of aliphatic carboxylic acids is 3. The molecule has 0 saturated carbocycles. The molecule has 0 spiro atoms. The van der Waals surface area contributed by atoms with Crippen LogP contribution in [0.1, 0.15) is 65.2 Å². The second kappa shape index (κ2) is 12.8. The fourth-order valence-corrected chi connectivity index (χ4v) is 7.27. The average Bonchev–Trinajstić information content (AvgIpc) is 3.54. The molecule has 1 fully saturated rings. The number of hydrogen-bond donors (Lipinski definition) is 5. The van der Waals surface area contributed by atoms with Crippen molar-refractivity contribution in [1.29, 1.82) is 0 Å². The van der Waals surface area contributed by atoms with Gasteiger partial charge in [-0.1, -0.05) is 19.1 Å². The number of rotatable bonds is 15. The Bertz CT molecular complexity index is 1240. The number of likely N-dealkylation sites (tertiary alicyclic amines) is 1. The minimum atomic E-state index is -3.06. The lowest BCUT2D eigenvalue weighted by Crippen LogP contribution is -2.63. The first-order valence-corrected chi connectivity index (χ1v) is 15.1. The molecule has 4 unspecified atom stereocenters. The molecule has 6 atom stereocenters. The predicted octanol–water partition coefficient (Wildman–Crippen LogP) is 3.90. The Labute approximate surface area is 249 Å². The second-order valence-electron chi connectivity index (χ2n) is 11.9. The lowest BCUT2D eigenvalue weighted by atomic mass is 9.70. The number of nitrogens with zero attached hydrogens (tertiary/aromatic N) is 1. The molecule has 0 aliphatic carbocycles. The van der Waals surface area contributed by atoms with Gasteiger partial charge in [0.05, 0.1) is 18.1 Å². The van der Waals surface area contributed by atoms with Crippen molar-refractivity contribution >= 4 is 29.2 Å². The van der Waals surface area contributed by atoms with Gasteiger partial charge >= 0.3 is 17.9 Å². The summed E-state index contributed by atoms with van der Waals surface area (Å²) in [6.07, 6.45) is 6.72. The van der Waals surface area contributed by atoms with E-state index in [0.717, 1.165) is 54.1 Å². The summed E-state index contributed by atoms with van der Waals surface area (Å²) >= 11 is 1.16. The number of carboxylic acids is 3. The summed E-state index contributed by atoms with van der Waals surface area (Å²) in [5.41, 5.74) is -4.48. The molecule has 2 aliphatic rings. The Balaban J connectivity index is 1.88. The summed E-state index contributed by atoms with van der Waals surface area (Å²) < 4.78 is 19.8. The molecule has 42 heavy (non-hydrogen) atoms. The van der Waals surface area contributed by atoms with Crippen LogP contribution in [-0.4, -0.2) is 85.7 Å². The molecule has 2 aliphatic heterocycles. The maximum Gasteiger partial charge on any atom is 0.337 e. The van der Waals surface area contributed by atoms with Crippen LogP contribution in [0, 0.1) is 16.5 Å². The average molecular weight is 611 g/mol. The minimum Gasteiger partial charge on any atom is -0.481 e. The third-order valence-electron chi connectivity index (χ3n) is 9.43. The number of aliphatic hydroxyl groups is 1.